The van der Waals surface area contributed by atoms with Crippen molar-refractivity contribution < 1.29 is 5.11 Å². The molecule has 2 heteroatoms. The molecule has 1 aliphatic rings. The molecule has 2 nitrogen and oxygen atoms in total. The number of rotatable bonds is 3. The van der Waals surface area contributed by atoms with E-state index < -0.39 is 0 Å². The standard InChI is InChI=1S/C12H17NO/c1-13-8-9-5-11(6-9)10-3-2-4-12(14)7-10/h2-4,7,9,11,13-14H,5-6,8H2,1H3. The summed E-state index contributed by atoms with van der Waals surface area (Å²) in [7, 11) is 2.00. The fourth-order valence-corrected chi connectivity index (χ4v) is 2.24. The molecule has 0 unspecified atom stereocenters. The van der Waals surface area contributed by atoms with E-state index in [1.54, 1.807) is 6.07 Å². The second-order valence-electron chi connectivity index (χ2n) is 4.19. The van der Waals surface area contributed by atoms with Crippen LogP contribution in [0.25, 0.3) is 0 Å². The first-order valence-electron chi connectivity index (χ1n) is 5.23. The number of nitrogens with one attached hydrogen (secondary N) is 1. The number of phenolic OH excluding ortho intramolecular Hbond substituents is 1. The molecule has 2 N–H and O–H groups in total. The van der Waals surface area contributed by atoms with Gasteiger partial charge in [0.25, 0.3) is 0 Å². The summed E-state index contributed by atoms with van der Waals surface area (Å²) < 4.78 is 0. The van der Waals surface area contributed by atoms with Crippen molar-refractivity contribution >= 4 is 0 Å². The molecule has 1 fully saturated rings. The van der Waals surface area contributed by atoms with Crippen molar-refractivity contribution in [1.82, 2.24) is 5.32 Å². The summed E-state index contributed by atoms with van der Waals surface area (Å²) in [6.45, 7) is 1.12. The van der Waals surface area contributed by atoms with Crippen LogP contribution < -0.4 is 5.32 Å². The van der Waals surface area contributed by atoms with Crippen LogP contribution in [0.15, 0.2) is 24.3 Å². The molecule has 0 aromatic heterocycles. The molecule has 1 aliphatic carbocycles. The molecule has 76 valence electrons. The van der Waals surface area contributed by atoms with Crippen LogP contribution in [0.2, 0.25) is 0 Å². The topological polar surface area (TPSA) is 32.3 Å². The van der Waals surface area contributed by atoms with Gasteiger partial charge in [-0.1, -0.05) is 12.1 Å². The third kappa shape index (κ3) is 1.90. The van der Waals surface area contributed by atoms with Gasteiger partial charge in [-0.2, -0.15) is 0 Å². The van der Waals surface area contributed by atoms with Crippen molar-refractivity contribution in [3.63, 3.8) is 0 Å². The third-order valence-electron chi connectivity index (χ3n) is 3.07. The Morgan fingerprint density at radius 3 is 2.86 bits per heavy atom. The quantitative estimate of drug-likeness (QED) is 0.767. The molecule has 0 bridgehead atoms. The van der Waals surface area contributed by atoms with Gasteiger partial charge in [0.05, 0.1) is 0 Å². The van der Waals surface area contributed by atoms with Gasteiger partial charge in [-0.3, -0.25) is 0 Å². The molecule has 0 aliphatic heterocycles. The smallest absolute Gasteiger partial charge is 0.115 e. The predicted molar refractivity (Wildman–Crippen MR) is 57.5 cm³/mol. The van der Waals surface area contributed by atoms with Crippen LogP contribution in [0.3, 0.4) is 0 Å². The van der Waals surface area contributed by atoms with E-state index in [9.17, 15) is 5.11 Å². The van der Waals surface area contributed by atoms with Crippen LogP contribution in [0.1, 0.15) is 24.3 Å². The summed E-state index contributed by atoms with van der Waals surface area (Å²) in [4.78, 5) is 0. The Kier molecular flexibility index (Phi) is 2.73. The highest BCUT2D eigenvalue weighted by molar-refractivity contribution is 5.30. The summed E-state index contributed by atoms with van der Waals surface area (Å²) in [6, 6.07) is 7.66. The lowest BCUT2D eigenvalue weighted by atomic mass is 9.71. The SMILES string of the molecule is CNCC1CC(c2cccc(O)c2)C1. The van der Waals surface area contributed by atoms with E-state index in [1.165, 1.54) is 18.4 Å². The molecule has 0 amide bonds. The number of hydrogen-bond donors (Lipinski definition) is 2. The molecule has 1 saturated carbocycles. The van der Waals surface area contributed by atoms with Crippen molar-refractivity contribution in [2.24, 2.45) is 5.92 Å². The molecule has 0 atom stereocenters. The Balaban J connectivity index is 1.93. The summed E-state index contributed by atoms with van der Waals surface area (Å²) in [5.41, 5.74) is 1.29. The van der Waals surface area contributed by atoms with Gasteiger partial charge in [0, 0.05) is 0 Å². The Morgan fingerprint density at radius 2 is 2.21 bits per heavy atom. The fraction of sp³-hybridized carbons (Fsp3) is 0.500. The van der Waals surface area contributed by atoms with Crippen LogP contribution in [0, 0.1) is 5.92 Å². The molecule has 0 radical (unpaired) electrons. The largest absolute Gasteiger partial charge is 0.508 e. The van der Waals surface area contributed by atoms with Crippen molar-refractivity contribution in [3.05, 3.63) is 29.8 Å². The lowest BCUT2D eigenvalue weighted by Crippen LogP contribution is -2.30. The minimum Gasteiger partial charge on any atom is -0.508 e. The molecule has 1 aromatic carbocycles. The van der Waals surface area contributed by atoms with E-state index in [0.29, 0.717) is 11.7 Å². The Labute approximate surface area is 85.0 Å². The van der Waals surface area contributed by atoms with Crippen LogP contribution in [-0.4, -0.2) is 18.7 Å². The van der Waals surface area contributed by atoms with Gasteiger partial charge in [0.2, 0.25) is 0 Å². The van der Waals surface area contributed by atoms with Crippen molar-refractivity contribution in [1.29, 1.82) is 0 Å². The van der Waals surface area contributed by atoms with Gasteiger partial charge in [0.15, 0.2) is 0 Å². The van der Waals surface area contributed by atoms with E-state index >= 15 is 0 Å². The monoisotopic (exact) mass is 191 g/mol. The lowest BCUT2D eigenvalue weighted by molar-refractivity contribution is 0.259. The zero-order valence-corrected chi connectivity index (χ0v) is 8.53. The molecular formula is C12H17NO. The molecule has 0 heterocycles. The minimum absolute atomic E-state index is 0.388. The first kappa shape index (κ1) is 9.53. The lowest BCUT2D eigenvalue weighted by Gasteiger charge is -2.35. The molecule has 0 spiro atoms. The maximum Gasteiger partial charge on any atom is 0.115 e. The highest BCUT2D eigenvalue weighted by atomic mass is 16.3. The van der Waals surface area contributed by atoms with Crippen LogP contribution in [-0.2, 0) is 0 Å². The first-order chi connectivity index (χ1) is 6.79. The number of aromatic hydroxyl groups is 1. The van der Waals surface area contributed by atoms with Gasteiger partial charge < -0.3 is 10.4 Å². The van der Waals surface area contributed by atoms with E-state index in [-0.39, 0.29) is 0 Å². The average Bonchev–Trinajstić information content (AvgIpc) is 2.10. The second-order valence-corrected chi connectivity index (χ2v) is 4.19. The highest BCUT2D eigenvalue weighted by Crippen LogP contribution is 2.41. The van der Waals surface area contributed by atoms with Gasteiger partial charge in [-0.25, -0.2) is 0 Å². The van der Waals surface area contributed by atoms with Crippen molar-refractivity contribution in [3.8, 4) is 5.75 Å². The Hall–Kier alpha value is -1.02. The van der Waals surface area contributed by atoms with E-state index in [4.69, 9.17) is 0 Å². The molecular weight excluding hydrogens is 174 g/mol. The second kappa shape index (κ2) is 4.01. The predicted octanol–water partition coefficient (Wildman–Crippen LogP) is 2.11. The number of benzene rings is 1. The summed E-state index contributed by atoms with van der Waals surface area (Å²) in [5.74, 6) is 1.88. The normalized spacial score (nSPS) is 25.8. The maximum absolute atomic E-state index is 9.34. The van der Waals surface area contributed by atoms with Gasteiger partial charge in [0.1, 0.15) is 5.75 Å². The van der Waals surface area contributed by atoms with Gasteiger partial charge >= 0.3 is 0 Å². The van der Waals surface area contributed by atoms with E-state index in [0.717, 1.165) is 12.5 Å². The molecule has 0 saturated heterocycles. The van der Waals surface area contributed by atoms with Gasteiger partial charge in [-0.05, 0) is 56.0 Å². The summed E-state index contributed by atoms with van der Waals surface area (Å²) >= 11 is 0. The van der Waals surface area contributed by atoms with Crippen LogP contribution in [0.4, 0.5) is 0 Å². The third-order valence-corrected chi connectivity index (χ3v) is 3.07. The van der Waals surface area contributed by atoms with E-state index in [2.05, 4.69) is 11.4 Å². The molecule has 1 aromatic rings. The Bertz CT molecular complexity index is 305. The van der Waals surface area contributed by atoms with Crippen LogP contribution >= 0.6 is 0 Å². The first-order valence-corrected chi connectivity index (χ1v) is 5.23. The van der Waals surface area contributed by atoms with Crippen LogP contribution in [0.5, 0.6) is 5.75 Å². The average molecular weight is 191 g/mol. The minimum atomic E-state index is 0.388. The fourth-order valence-electron chi connectivity index (χ4n) is 2.24. The van der Waals surface area contributed by atoms with Crippen molar-refractivity contribution in [2.75, 3.05) is 13.6 Å². The molecule has 14 heavy (non-hydrogen) atoms. The number of phenols is 1. The molecule has 2 rings (SSSR count). The zero-order valence-electron chi connectivity index (χ0n) is 8.53. The van der Waals surface area contributed by atoms with Gasteiger partial charge in [-0.15, -0.1) is 0 Å². The van der Waals surface area contributed by atoms with E-state index in [1.807, 2.05) is 19.2 Å². The van der Waals surface area contributed by atoms with Crippen molar-refractivity contribution in [2.45, 2.75) is 18.8 Å². The summed E-state index contributed by atoms with van der Waals surface area (Å²) in [6.07, 6.45) is 2.51. The maximum atomic E-state index is 9.34. The number of hydrogen-bond acceptors (Lipinski definition) is 2. The summed E-state index contributed by atoms with van der Waals surface area (Å²) in [5, 5.41) is 12.5. The highest BCUT2D eigenvalue weighted by Gasteiger charge is 2.29. The zero-order chi connectivity index (χ0) is 9.97. The Morgan fingerprint density at radius 1 is 1.43 bits per heavy atom.